The van der Waals surface area contributed by atoms with Crippen molar-refractivity contribution in [2.75, 3.05) is 0 Å². The van der Waals surface area contributed by atoms with Crippen LogP contribution in [0.2, 0.25) is 0 Å². The Hall–Kier alpha value is -3.86. The molecule has 3 nitrogen and oxygen atoms in total. The first-order valence-electron chi connectivity index (χ1n) is 10.6. The number of hydrogen-bond acceptors (Lipinski definition) is 3. The summed E-state index contributed by atoms with van der Waals surface area (Å²) in [6.07, 6.45) is 0. The molecule has 0 bridgehead atoms. The Balaban J connectivity index is 0. The van der Waals surface area contributed by atoms with E-state index in [2.05, 4.69) is 0 Å². The van der Waals surface area contributed by atoms with Crippen molar-refractivity contribution in [3.63, 3.8) is 0 Å². The van der Waals surface area contributed by atoms with Crippen LogP contribution in [0, 0.1) is 141 Å². The van der Waals surface area contributed by atoms with Crippen LogP contribution in [0.15, 0.2) is 0 Å². The summed E-state index contributed by atoms with van der Waals surface area (Å²) in [5.74, 6) is -40.2. The van der Waals surface area contributed by atoms with E-state index in [1.54, 1.807) is 0 Å². The van der Waals surface area contributed by atoms with E-state index < -0.39 is 124 Å². The molecule has 0 saturated carbocycles. The molecule has 4 aromatic carbocycles. The van der Waals surface area contributed by atoms with Crippen LogP contribution in [0.4, 0.5) is 87.8 Å². The Morgan fingerprint density at radius 3 is 0.408 bits per heavy atom. The van der Waals surface area contributed by atoms with Crippen LogP contribution in [-0.2, 0) is 21.7 Å². The van der Waals surface area contributed by atoms with Crippen LogP contribution in [-0.4, -0.2) is 22.4 Å². The summed E-state index contributed by atoms with van der Waals surface area (Å²) in [5, 5.41) is 21.5. The third kappa shape index (κ3) is 13.5. The first-order valence-corrected chi connectivity index (χ1v) is 10.6. The Morgan fingerprint density at radius 2 is 0.327 bits per heavy atom. The Labute approximate surface area is 272 Å². The zero-order valence-electron chi connectivity index (χ0n) is 22.0. The van der Waals surface area contributed by atoms with E-state index >= 15 is 0 Å². The van der Waals surface area contributed by atoms with Crippen molar-refractivity contribution in [1.82, 2.24) is 0 Å². The molecule has 0 saturated heterocycles. The Kier molecular flexibility index (Phi) is 19.9. The standard InChI is InChI=1S/4C6F5.BH3O3.Ti/c4*7-2-1-3(8)5(10)6(11)4(2)9;2-1(3)4;/h;;;;2-4H;/q4*-1;;+4. The van der Waals surface area contributed by atoms with Crippen molar-refractivity contribution in [3.8, 4) is 0 Å². The van der Waals surface area contributed by atoms with E-state index in [0.29, 0.717) is 0 Å². The third-order valence-corrected chi connectivity index (χ3v) is 3.96. The van der Waals surface area contributed by atoms with Gasteiger partial charge in [0.25, 0.3) is 0 Å². The summed E-state index contributed by atoms with van der Waals surface area (Å²) in [4.78, 5) is 0. The number of halogens is 20. The number of rotatable bonds is 0. The fourth-order valence-corrected chi connectivity index (χ4v) is 1.98. The second-order valence-electron chi connectivity index (χ2n) is 7.13. The van der Waals surface area contributed by atoms with Gasteiger partial charge in [-0.3, -0.25) is 35.1 Å². The molecule has 0 fully saturated rings. The fourth-order valence-electron chi connectivity index (χ4n) is 1.98. The predicted molar refractivity (Wildman–Crippen MR) is 113 cm³/mol. The van der Waals surface area contributed by atoms with Gasteiger partial charge < -0.3 is 15.1 Å². The largest absolute Gasteiger partial charge is 4.00 e. The molecule has 0 heterocycles. The summed E-state index contributed by atoms with van der Waals surface area (Å²) in [6, 6.07) is 4.10. The quantitative estimate of drug-likeness (QED) is 0.0615. The molecular formula is C24H3BF20O3Ti. The molecule has 0 atom stereocenters. The molecule has 0 aromatic heterocycles. The van der Waals surface area contributed by atoms with Crippen LogP contribution in [0.3, 0.4) is 0 Å². The Morgan fingerprint density at radius 1 is 0.245 bits per heavy atom. The second-order valence-corrected chi connectivity index (χ2v) is 7.13. The van der Waals surface area contributed by atoms with Gasteiger partial charge in [0, 0.05) is 0 Å². The number of hydrogen-bond donors (Lipinski definition) is 3. The van der Waals surface area contributed by atoms with Crippen molar-refractivity contribution in [2.24, 2.45) is 0 Å². The first-order chi connectivity index (χ1) is 21.9. The van der Waals surface area contributed by atoms with E-state index in [4.69, 9.17) is 15.1 Å². The van der Waals surface area contributed by atoms with Crippen molar-refractivity contribution in [3.05, 3.63) is 141 Å². The Bertz CT molecular complexity index is 1390. The maximum Gasteiger partial charge on any atom is 4.00 e. The molecule has 49 heavy (non-hydrogen) atoms. The SMILES string of the molecule is Fc1[c-]c(F)c(F)c(F)c1F.Fc1[c-]c(F)c(F)c(F)c1F.Fc1[c-]c(F)c(F)c(F)c1F.Fc1[c-]c(F)c(F)c(F)c1F.OB(O)O.[Ti+4]. The minimum absolute atomic E-state index is 0. The van der Waals surface area contributed by atoms with E-state index in [9.17, 15) is 87.8 Å². The summed E-state index contributed by atoms with van der Waals surface area (Å²) in [5.41, 5.74) is 0. The molecule has 3 N–H and O–H groups in total. The summed E-state index contributed by atoms with van der Waals surface area (Å²) >= 11 is 0. The summed E-state index contributed by atoms with van der Waals surface area (Å²) < 4.78 is 239. The van der Waals surface area contributed by atoms with E-state index in [-0.39, 0.29) is 21.7 Å². The topological polar surface area (TPSA) is 60.7 Å². The van der Waals surface area contributed by atoms with Gasteiger partial charge in [-0.25, -0.2) is 52.7 Å². The van der Waals surface area contributed by atoms with E-state index in [1.807, 2.05) is 0 Å². The average molecular weight is 778 g/mol. The number of benzene rings is 4. The zero-order valence-corrected chi connectivity index (χ0v) is 23.5. The molecule has 0 aliphatic carbocycles. The molecule has 0 aliphatic rings. The fraction of sp³-hybridized carbons (Fsp3) is 0. The van der Waals surface area contributed by atoms with Gasteiger partial charge in [0.15, 0.2) is 0 Å². The van der Waals surface area contributed by atoms with Crippen LogP contribution in [0.25, 0.3) is 0 Å². The first kappa shape index (κ1) is 47.3. The molecule has 0 aliphatic heterocycles. The zero-order chi connectivity index (χ0) is 38.0. The third-order valence-electron chi connectivity index (χ3n) is 3.96. The molecule has 0 amide bonds. The minimum Gasteiger partial charge on any atom is -0.402 e. The van der Waals surface area contributed by atoms with Gasteiger partial charge in [-0.1, -0.05) is 0 Å². The van der Waals surface area contributed by atoms with Gasteiger partial charge >= 0.3 is 29.0 Å². The van der Waals surface area contributed by atoms with Gasteiger partial charge in [-0.15, -0.1) is 24.3 Å². The van der Waals surface area contributed by atoms with Gasteiger partial charge in [0.1, 0.15) is 0 Å². The van der Waals surface area contributed by atoms with Gasteiger partial charge in [0.2, 0.25) is 0 Å². The average Bonchev–Trinajstić information content (AvgIpc) is 3.01. The smallest absolute Gasteiger partial charge is 0.402 e. The van der Waals surface area contributed by atoms with Crippen molar-refractivity contribution < 1.29 is 125 Å². The van der Waals surface area contributed by atoms with Crippen molar-refractivity contribution in [1.29, 1.82) is 0 Å². The molecule has 0 spiro atoms. The second kappa shape index (κ2) is 20.6. The van der Waals surface area contributed by atoms with Gasteiger partial charge in [-0.2, -0.15) is 0 Å². The maximum absolute atomic E-state index is 12.0. The molecule has 4 rings (SSSR count). The minimum atomic E-state index is -2.17. The van der Waals surface area contributed by atoms with Crippen LogP contribution >= 0.6 is 0 Å². The monoisotopic (exact) mass is 778 g/mol. The molecular weight excluding hydrogens is 775 g/mol. The summed E-state index contributed by atoms with van der Waals surface area (Å²) in [6.45, 7) is 0. The van der Waals surface area contributed by atoms with E-state index in [0.717, 1.165) is 24.3 Å². The maximum atomic E-state index is 12.0. The van der Waals surface area contributed by atoms with Crippen LogP contribution in [0.1, 0.15) is 0 Å². The normalized spacial score (nSPS) is 9.78. The predicted octanol–water partition coefficient (Wildman–Crippen LogP) is 6.67. The van der Waals surface area contributed by atoms with Crippen LogP contribution in [0.5, 0.6) is 0 Å². The molecule has 4 aromatic rings. The molecule has 264 valence electrons. The van der Waals surface area contributed by atoms with E-state index in [1.165, 1.54) is 0 Å². The van der Waals surface area contributed by atoms with Crippen molar-refractivity contribution >= 4 is 7.32 Å². The van der Waals surface area contributed by atoms with Gasteiger partial charge in [0.05, 0.1) is 116 Å². The molecule has 0 unspecified atom stereocenters. The van der Waals surface area contributed by atoms with Crippen molar-refractivity contribution in [2.45, 2.75) is 0 Å². The molecule has 0 radical (unpaired) electrons. The molecule has 25 heteroatoms. The van der Waals surface area contributed by atoms with Crippen LogP contribution < -0.4 is 0 Å². The summed E-state index contributed by atoms with van der Waals surface area (Å²) in [7, 11) is -2.17. The van der Waals surface area contributed by atoms with Gasteiger partial charge in [-0.05, 0) is 0 Å².